The van der Waals surface area contributed by atoms with Gasteiger partial charge in [0.15, 0.2) is 0 Å². The van der Waals surface area contributed by atoms with E-state index in [1.165, 1.54) is 61.4 Å². The van der Waals surface area contributed by atoms with Crippen molar-refractivity contribution < 1.29 is 19.9 Å². The maximum atomic E-state index is 10.4. The van der Waals surface area contributed by atoms with Crippen LogP contribution in [-0.2, 0) is 11.8 Å². The second-order valence-corrected chi connectivity index (χ2v) is 8.44. The Morgan fingerprint density at radius 2 is 1.97 bits per heavy atom. The van der Waals surface area contributed by atoms with E-state index in [2.05, 4.69) is 17.4 Å². The summed E-state index contributed by atoms with van der Waals surface area (Å²) in [6.07, 6.45) is 7.85. The van der Waals surface area contributed by atoms with Crippen LogP contribution in [0.4, 0.5) is 5.69 Å². The average Bonchev–Trinajstić information content (AvgIpc) is 2.75. The van der Waals surface area contributed by atoms with Crippen molar-refractivity contribution in [1.82, 2.24) is 5.32 Å². The van der Waals surface area contributed by atoms with E-state index in [0.717, 1.165) is 24.9 Å². The van der Waals surface area contributed by atoms with Crippen molar-refractivity contribution in [3.8, 4) is 5.75 Å². The predicted octanol–water partition coefficient (Wildman–Crippen LogP) is 4.03. The first kappa shape index (κ1) is 20.3. The number of carboxylic acid groups (broad SMARTS) is 1. The van der Waals surface area contributed by atoms with Crippen LogP contribution >= 0.6 is 0 Å². The maximum absolute atomic E-state index is 10.4. The highest BCUT2D eigenvalue weighted by Crippen LogP contribution is 2.54. The minimum atomic E-state index is -1.29. The number of nitrogens with zero attached hydrogens (tertiary/aromatic N) is 1. The monoisotopic (exact) mass is 410 g/mol. The Labute approximate surface area is 174 Å². The van der Waals surface area contributed by atoms with Crippen molar-refractivity contribution in [1.29, 1.82) is 0 Å². The molecule has 0 spiro atoms. The summed E-state index contributed by atoms with van der Waals surface area (Å²) in [5.74, 6) is -0.0407. The molecule has 2 bridgehead atoms. The van der Waals surface area contributed by atoms with Gasteiger partial charge in [0.2, 0.25) is 0 Å². The van der Waals surface area contributed by atoms with Crippen LogP contribution in [-0.4, -0.2) is 33.7 Å². The number of benzene rings is 2. The summed E-state index contributed by atoms with van der Waals surface area (Å²) < 4.78 is 0. The summed E-state index contributed by atoms with van der Waals surface area (Å²) in [7, 11) is 0. The standard InChI is InChI=1S/C16H21NO.C7H5NO4/c18-12-5-4-11-9-15-13-3-1-2-6-16(13,7-8-17-15)14(11)10-12;9-7(10)5-3-1-2-4-6(5)8(11)12/h4-5,10,13,15,17-18H,1-3,6-9H2;1-4H,(H,9,10)/t13-,15+,16+;/m0./s1. The average molecular weight is 410 g/mol. The molecule has 2 aliphatic carbocycles. The second kappa shape index (κ2) is 8.07. The van der Waals surface area contributed by atoms with Crippen LogP contribution in [0.5, 0.6) is 5.75 Å². The van der Waals surface area contributed by atoms with Crippen molar-refractivity contribution >= 4 is 11.7 Å². The molecule has 7 nitrogen and oxygen atoms in total. The number of carbonyl (C=O) groups is 1. The zero-order chi connectivity index (χ0) is 21.3. The van der Waals surface area contributed by atoms with Crippen LogP contribution in [0.3, 0.4) is 0 Å². The molecule has 5 rings (SSSR count). The van der Waals surface area contributed by atoms with Gasteiger partial charge < -0.3 is 15.5 Å². The van der Waals surface area contributed by atoms with Crippen LogP contribution in [0.25, 0.3) is 0 Å². The zero-order valence-electron chi connectivity index (χ0n) is 16.7. The third kappa shape index (κ3) is 3.54. The Bertz CT molecular complexity index is 939. The number of phenolic OH excluding ortho intramolecular Hbond substituents is 1. The van der Waals surface area contributed by atoms with Crippen LogP contribution < -0.4 is 5.32 Å². The fraction of sp³-hybridized carbons (Fsp3) is 0.435. The molecule has 1 saturated carbocycles. The van der Waals surface area contributed by atoms with E-state index in [0.29, 0.717) is 17.2 Å². The van der Waals surface area contributed by atoms with E-state index in [4.69, 9.17) is 5.11 Å². The van der Waals surface area contributed by atoms with Gasteiger partial charge in [-0.3, -0.25) is 10.1 Å². The number of carboxylic acids is 1. The summed E-state index contributed by atoms with van der Waals surface area (Å²) in [5.41, 5.74) is 2.65. The molecule has 0 unspecified atom stereocenters. The molecule has 2 aromatic rings. The Hall–Kier alpha value is -2.93. The van der Waals surface area contributed by atoms with Gasteiger partial charge >= 0.3 is 5.97 Å². The van der Waals surface area contributed by atoms with E-state index in [1.54, 1.807) is 0 Å². The number of hydrogen-bond donors (Lipinski definition) is 3. The highest BCUT2D eigenvalue weighted by molar-refractivity contribution is 5.92. The molecule has 2 aromatic carbocycles. The maximum Gasteiger partial charge on any atom is 0.342 e. The van der Waals surface area contributed by atoms with Crippen molar-refractivity contribution in [2.45, 2.75) is 50.0 Å². The highest BCUT2D eigenvalue weighted by Gasteiger charge is 2.51. The fourth-order valence-corrected chi connectivity index (χ4v) is 5.73. The molecule has 7 heteroatoms. The fourth-order valence-electron chi connectivity index (χ4n) is 5.73. The molecule has 30 heavy (non-hydrogen) atoms. The van der Waals surface area contributed by atoms with Gasteiger partial charge in [0.05, 0.1) is 4.92 Å². The van der Waals surface area contributed by atoms with Crippen molar-refractivity contribution in [2.75, 3.05) is 6.54 Å². The Morgan fingerprint density at radius 3 is 2.70 bits per heavy atom. The quantitative estimate of drug-likeness (QED) is 0.509. The van der Waals surface area contributed by atoms with Crippen molar-refractivity contribution in [3.05, 3.63) is 69.3 Å². The van der Waals surface area contributed by atoms with Crippen LogP contribution in [0.2, 0.25) is 0 Å². The molecule has 0 radical (unpaired) electrons. The molecule has 2 fully saturated rings. The highest BCUT2D eigenvalue weighted by atomic mass is 16.6. The normalized spacial score (nSPS) is 26.4. The molecule has 0 aromatic heterocycles. The molecular formula is C23H26N2O5. The van der Waals surface area contributed by atoms with Gasteiger partial charge in [-0.1, -0.05) is 31.0 Å². The summed E-state index contributed by atoms with van der Waals surface area (Å²) in [4.78, 5) is 20.0. The van der Waals surface area contributed by atoms with Crippen molar-refractivity contribution in [3.63, 3.8) is 0 Å². The van der Waals surface area contributed by atoms with E-state index in [9.17, 15) is 20.0 Å². The lowest BCUT2D eigenvalue weighted by molar-refractivity contribution is -0.385. The first-order valence-electron chi connectivity index (χ1n) is 10.4. The lowest BCUT2D eigenvalue weighted by atomic mass is 9.53. The molecule has 3 N–H and O–H groups in total. The molecule has 3 aliphatic rings. The molecule has 1 heterocycles. The predicted molar refractivity (Wildman–Crippen MR) is 112 cm³/mol. The zero-order valence-corrected chi connectivity index (χ0v) is 16.7. The number of nitrogens with one attached hydrogen (secondary N) is 1. The molecule has 158 valence electrons. The molecule has 3 atom stereocenters. The van der Waals surface area contributed by atoms with Gasteiger partial charge in [-0.25, -0.2) is 4.79 Å². The molecule has 1 aliphatic heterocycles. The number of phenols is 1. The van der Waals surface area contributed by atoms with Crippen molar-refractivity contribution in [2.24, 2.45) is 5.92 Å². The number of aromatic hydroxyl groups is 1. The largest absolute Gasteiger partial charge is 0.508 e. The number of rotatable bonds is 2. The van der Waals surface area contributed by atoms with Gasteiger partial charge in [0.1, 0.15) is 11.3 Å². The number of piperidine rings is 1. The first-order valence-corrected chi connectivity index (χ1v) is 10.4. The molecular weight excluding hydrogens is 384 g/mol. The lowest BCUT2D eigenvalue weighted by Crippen LogP contribution is -2.59. The van der Waals surface area contributed by atoms with Crippen LogP contribution in [0, 0.1) is 16.0 Å². The SMILES string of the molecule is O=C(O)c1ccccc1[N+](=O)[O-].Oc1ccc2c(c1)[C@@]13CCCC[C@H]1[C@@H](C2)NCC3. The lowest BCUT2D eigenvalue weighted by Gasteiger charge is -2.56. The second-order valence-electron chi connectivity index (χ2n) is 8.44. The Kier molecular flexibility index (Phi) is 5.47. The minimum absolute atomic E-state index is 0.289. The number of para-hydroxylation sites is 1. The Morgan fingerprint density at radius 1 is 1.17 bits per heavy atom. The summed E-state index contributed by atoms with van der Waals surface area (Å²) in [6.45, 7) is 1.15. The van der Waals surface area contributed by atoms with Crippen LogP contribution in [0.15, 0.2) is 42.5 Å². The van der Waals surface area contributed by atoms with E-state index >= 15 is 0 Å². The Balaban J connectivity index is 0.000000159. The smallest absolute Gasteiger partial charge is 0.342 e. The van der Waals surface area contributed by atoms with Gasteiger partial charge in [-0.2, -0.15) is 0 Å². The number of nitro groups is 1. The third-order valence-electron chi connectivity index (χ3n) is 6.96. The number of hydrogen-bond acceptors (Lipinski definition) is 5. The number of nitro benzene ring substituents is 1. The summed E-state index contributed by atoms with van der Waals surface area (Å²) >= 11 is 0. The number of aromatic carboxylic acids is 1. The van der Waals surface area contributed by atoms with Gasteiger partial charge in [0, 0.05) is 17.5 Å². The minimum Gasteiger partial charge on any atom is -0.508 e. The van der Waals surface area contributed by atoms with E-state index < -0.39 is 10.9 Å². The van der Waals surface area contributed by atoms with E-state index in [1.807, 2.05) is 6.07 Å². The molecule has 1 saturated heterocycles. The summed E-state index contributed by atoms with van der Waals surface area (Å²) in [6, 6.07) is 12.0. The summed E-state index contributed by atoms with van der Waals surface area (Å²) in [5, 5.41) is 32.4. The van der Waals surface area contributed by atoms with Crippen LogP contribution in [0.1, 0.15) is 53.6 Å². The van der Waals surface area contributed by atoms with Gasteiger partial charge in [-0.05, 0) is 67.5 Å². The molecule has 0 amide bonds. The van der Waals surface area contributed by atoms with E-state index in [-0.39, 0.29) is 11.3 Å². The first-order chi connectivity index (χ1) is 14.4. The van der Waals surface area contributed by atoms with Gasteiger partial charge in [-0.15, -0.1) is 0 Å². The number of fused-ring (bicyclic) bond motifs is 1. The topological polar surface area (TPSA) is 113 Å². The van der Waals surface area contributed by atoms with Gasteiger partial charge in [0.25, 0.3) is 5.69 Å². The third-order valence-corrected chi connectivity index (χ3v) is 6.96.